The van der Waals surface area contributed by atoms with Crippen LogP contribution in [-0.4, -0.2) is 44.6 Å². The number of H-pyrrole nitrogens is 1. The summed E-state index contributed by atoms with van der Waals surface area (Å²) < 4.78 is 13.3. The maximum Gasteiger partial charge on any atom is 0.288 e. The molecular formula is C20H16BrN7O3. The Morgan fingerprint density at radius 2 is 1.94 bits per heavy atom. The van der Waals surface area contributed by atoms with Gasteiger partial charge in [-0.25, -0.2) is 5.10 Å². The number of ether oxygens (including phenoxy) is 2. The Balaban J connectivity index is 1.80. The average Bonchev–Trinajstić information content (AvgIpc) is 3.26. The number of fused-ring (bicyclic) bond motifs is 2. The highest BCUT2D eigenvalue weighted by atomic mass is 79.9. The summed E-state index contributed by atoms with van der Waals surface area (Å²) in [5.74, 6) is 1.51. The molecule has 0 amide bonds. The third kappa shape index (κ3) is 3.13. The van der Waals surface area contributed by atoms with Crippen molar-refractivity contribution < 1.29 is 9.47 Å². The number of halogens is 1. The van der Waals surface area contributed by atoms with Gasteiger partial charge in [0.1, 0.15) is 11.7 Å². The molecule has 0 unspecified atom stereocenters. The van der Waals surface area contributed by atoms with Crippen molar-refractivity contribution in [3.05, 3.63) is 68.4 Å². The number of nitrogens with zero attached hydrogens (tertiary/aromatic N) is 5. The van der Waals surface area contributed by atoms with Crippen molar-refractivity contribution in [1.29, 1.82) is 0 Å². The van der Waals surface area contributed by atoms with Gasteiger partial charge in [-0.15, -0.1) is 0 Å². The van der Waals surface area contributed by atoms with Gasteiger partial charge < -0.3 is 14.8 Å². The molecule has 0 aliphatic carbocycles. The number of hydrogen-bond acceptors (Lipinski definition) is 8. The van der Waals surface area contributed by atoms with Gasteiger partial charge in [0, 0.05) is 15.6 Å². The van der Waals surface area contributed by atoms with E-state index >= 15 is 0 Å². The van der Waals surface area contributed by atoms with Gasteiger partial charge in [-0.2, -0.15) is 9.78 Å². The van der Waals surface area contributed by atoms with Gasteiger partial charge in [0.25, 0.3) is 5.56 Å². The molecule has 11 heteroatoms. The average molecular weight is 482 g/mol. The zero-order chi connectivity index (χ0) is 21.5. The number of nitrogens with one attached hydrogen (secondary N) is 2. The Labute approximate surface area is 184 Å². The molecule has 0 radical (unpaired) electrons. The normalized spacial score (nSPS) is 14.4. The molecule has 10 nitrogen and oxygen atoms in total. The molecule has 0 saturated carbocycles. The SMILES string of the molecule is COc1ccc(-c2n[nH]c(=O)c3c2[C@@H](c2cccc(Br)c2)n2nnnc2N3)cc1OC. The van der Waals surface area contributed by atoms with Gasteiger partial charge in [0.15, 0.2) is 11.5 Å². The van der Waals surface area contributed by atoms with Gasteiger partial charge in [-0.3, -0.25) is 4.79 Å². The zero-order valence-corrected chi connectivity index (χ0v) is 18.0. The highest BCUT2D eigenvalue weighted by Crippen LogP contribution is 2.42. The first-order chi connectivity index (χ1) is 15.1. The second-order valence-corrected chi connectivity index (χ2v) is 7.71. The Hall–Kier alpha value is -3.73. The topological polar surface area (TPSA) is 120 Å². The van der Waals surface area contributed by atoms with E-state index in [0.29, 0.717) is 34.4 Å². The molecule has 1 atom stereocenters. The number of hydrogen-bond donors (Lipinski definition) is 2. The van der Waals surface area contributed by atoms with E-state index in [1.165, 1.54) is 0 Å². The van der Waals surface area contributed by atoms with Gasteiger partial charge in [0.2, 0.25) is 5.95 Å². The van der Waals surface area contributed by atoms with Gasteiger partial charge >= 0.3 is 0 Å². The second kappa shape index (κ2) is 7.51. The molecule has 0 saturated heterocycles. The standard InChI is InChI=1S/C20H16BrN7O3/c1-30-13-7-6-10(9-14(13)31-2)16-15-17(19(29)24-23-16)22-20-25-26-27-28(20)18(15)11-4-3-5-12(21)8-11/h3-9,18H,1-2H3,(H,24,29)(H,22,25,27)/t18-/m1/s1. The highest BCUT2D eigenvalue weighted by molar-refractivity contribution is 9.10. The summed E-state index contributed by atoms with van der Waals surface area (Å²) in [5, 5.41) is 22.0. The van der Waals surface area contributed by atoms with E-state index < -0.39 is 6.04 Å². The van der Waals surface area contributed by atoms with E-state index in [2.05, 4.69) is 47.0 Å². The number of tetrazole rings is 1. The molecular weight excluding hydrogens is 466 g/mol. The minimum atomic E-state index is -0.475. The van der Waals surface area contributed by atoms with Gasteiger partial charge in [-0.05, 0) is 46.3 Å². The third-order valence-electron chi connectivity index (χ3n) is 5.09. The van der Waals surface area contributed by atoms with E-state index in [1.54, 1.807) is 25.0 Å². The maximum atomic E-state index is 12.7. The van der Waals surface area contributed by atoms with Crippen LogP contribution >= 0.6 is 15.9 Å². The van der Waals surface area contributed by atoms with Gasteiger partial charge in [0.05, 0.1) is 19.9 Å². The van der Waals surface area contributed by atoms with Crippen LogP contribution in [0.1, 0.15) is 17.2 Å². The van der Waals surface area contributed by atoms with Crippen LogP contribution in [0.3, 0.4) is 0 Å². The van der Waals surface area contributed by atoms with Crippen molar-refractivity contribution in [3.8, 4) is 22.8 Å². The highest BCUT2D eigenvalue weighted by Gasteiger charge is 2.34. The lowest BCUT2D eigenvalue weighted by Gasteiger charge is -2.28. The molecule has 2 aromatic heterocycles. The number of anilines is 2. The van der Waals surface area contributed by atoms with E-state index in [9.17, 15) is 4.79 Å². The first-order valence-corrected chi connectivity index (χ1v) is 10.1. The summed E-state index contributed by atoms with van der Waals surface area (Å²) in [6, 6.07) is 12.7. The molecule has 1 aliphatic heterocycles. The predicted octanol–water partition coefficient (Wildman–Crippen LogP) is 2.90. The smallest absolute Gasteiger partial charge is 0.288 e. The zero-order valence-electron chi connectivity index (χ0n) is 16.5. The largest absolute Gasteiger partial charge is 0.493 e. The summed E-state index contributed by atoms with van der Waals surface area (Å²) in [5.41, 5.74) is 2.81. The van der Waals surface area contributed by atoms with Crippen molar-refractivity contribution in [1.82, 2.24) is 30.4 Å². The van der Waals surface area contributed by atoms with Crippen molar-refractivity contribution in [2.24, 2.45) is 0 Å². The number of rotatable bonds is 4. The molecule has 0 fully saturated rings. The summed E-state index contributed by atoms with van der Waals surface area (Å²) in [6.07, 6.45) is 0. The quantitative estimate of drug-likeness (QED) is 0.402. The van der Waals surface area contributed by atoms with E-state index in [4.69, 9.17) is 9.47 Å². The van der Waals surface area contributed by atoms with Crippen molar-refractivity contribution in [3.63, 3.8) is 0 Å². The van der Waals surface area contributed by atoms with E-state index in [0.717, 1.165) is 15.6 Å². The summed E-state index contributed by atoms with van der Waals surface area (Å²) in [7, 11) is 3.14. The molecule has 0 bridgehead atoms. The fourth-order valence-corrected chi connectivity index (χ4v) is 4.14. The molecule has 156 valence electrons. The van der Waals surface area contributed by atoms with Crippen LogP contribution in [0.25, 0.3) is 11.3 Å². The van der Waals surface area contributed by atoms with E-state index in [1.807, 2.05) is 36.4 Å². The Morgan fingerprint density at radius 1 is 1.10 bits per heavy atom. The van der Waals surface area contributed by atoms with Crippen LogP contribution in [0, 0.1) is 0 Å². The number of methoxy groups -OCH3 is 2. The summed E-state index contributed by atoms with van der Waals surface area (Å²) >= 11 is 3.52. The fourth-order valence-electron chi connectivity index (χ4n) is 3.73. The Bertz CT molecular complexity index is 1350. The van der Waals surface area contributed by atoms with Crippen LogP contribution in [0.15, 0.2) is 51.7 Å². The van der Waals surface area contributed by atoms with Crippen molar-refractivity contribution >= 4 is 27.6 Å². The number of benzene rings is 2. The minimum Gasteiger partial charge on any atom is -0.493 e. The molecule has 5 rings (SSSR count). The Morgan fingerprint density at radius 3 is 2.71 bits per heavy atom. The van der Waals surface area contributed by atoms with Crippen molar-refractivity contribution in [2.45, 2.75) is 6.04 Å². The van der Waals surface area contributed by atoms with Crippen LogP contribution in [0.2, 0.25) is 0 Å². The Kier molecular flexibility index (Phi) is 4.66. The lowest BCUT2D eigenvalue weighted by Crippen LogP contribution is -2.29. The predicted molar refractivity (Wildman–Crippen MR) is 116 cm³/mol. The molecule has 1 aliphatic rings. The van der Waals surface area contributed by atoms with Crippen LogP contribution in [0.4, 0.5) is 11.6 Å². The summed E-state index contributed by atoms with van der Waals surface area (Å²) in [6.45, 7) is 0. The molecule has 2 N–H and O–H groups in total. The molecule has 4 aromatic rings. The third-order valence-corrected chi connectivity index (χ3v) is 5.58. The minimum absolute atomic E-state index is 0.340. The number of aromatic nitrogens is 6. The van der Waals surface area contributed by atoms with Gasteiger partial charge in [-0.1, -0.05) is 33.2 Å². The van der Waals surface area contributed by atoms with Crippen LogP contribution in [0.5, 0.6) is 11.5 Å². The molecule has 2 aromatic carbocycles. The van der Waals surface area contributed by atoms with Crippen molar-refractivity contribution in [2.75, 3.05) is 19.5 Å². The van der Waals surface area contributed by atoms with E-state index in [-0.39, 0.29) is 5.56 Å². The lowest BCUT2D eigenvalue weighted by molar-refractivity contribution is 0.355. The maximum absolute atomic E-state index is 12.7. The molecule has 31 heavy (non-hydrogen) atoms. The fraction of sp³-hybridized carbons (Fsp3) is 0.150. The van der Waals surface area contributed by atoms with Crippen LogP contribution in [-0.2, 0) is 0 Å². The molecule has 3 heterocycles. The molecule has 0 spiro atoms. The summed E-state index contributed by atoms with van der Waals surface area (Å²) in [4.78, 5) is 12.7. The lowest BCUT2D eigenvalue weighted by atomic mass is 9.92. The van der Waals surface area contributed by atoms with Crippen LogP contribution < -0.4 is 20.3 Å². The first kappa shape index (κ1) is 19.2. The second-order valence-electron chi connectivity index (χ2n) is 6.79. The first-order valence-electron chi connectivity index (χ1n) is 9.26. The number of aromatic amines is 1. The monoisotopic (exact) mass is 481 g/mol.